The lowest BCUT2D eigenvalue weighted by Gasteiger charge is -2.18. The topological polar surface area (TPSA) is 23.4 Å². The number of aromatic nitrogens is 1. The van der Waals surface area contributed by atoms with E-state index in [0.717, 1.165) is 12.2 Å². The quantitative estimate of drug-likeness (QED) is 0.560. The Labute approximate surface area is 137 Å². The smallest absolute Gasteiger partial charge is 0.123 e. The highest BCUT2D eigenvalue weighted by molar-refractivity contribution is 8.00. The van der Waals surface area contributed by atoms with Crippen molar-refractivity contribution in [2.45, 2.75) is 43.6 Å². The number of rotatable bonds is 6. The first kappa shape index (κ1) is 17.0. The van der Waals surface area contributed by atoms with Crippen molar-refractivity contribution < 1.29 is 9.47 Å². The minimum absolute atomic E-state index is 0.140. The average molecular weight is 319 g/mol. The maximum Gasteiger partial charge on any atom is 0.123 e. The number of benzene rings is 1. The van der Waals surface area contributed by atoms with Gasteiger partial charge in [-0.25, -0.2) is 0 Å². The van der Waals surface area contributed by atoms with Gasteiger partial charge in [0.1, 0.15) is 12.5 Å². The highest BCUT2D eigenvalue weighted by Gasteiger charge is 2.20. The molecule has 22 heavy (non-hydrogen) atoms. The normalized spacial score (nSPS) is 11.9. The van der Waals surface area contributed by atoms with Gasteiger partial charge >= 0.3 is 0 Å². The molecule has 0 aliphatic carbocycles. The summed E-state index contributed by atoms with van der Waals surface area (Å²) in [5.74, 6) is 0.915. The number of thioether (sulfide) groups is 1. The molecule has 1 heterocycles. The summed E-state index contributed by atoms with van der Waals surface area (Å²) in [7, 11) is 3.44. The van der Waals surface area contributed by atoms with E-state index in [9.17, 15) is 0 Å². The fourth-order valence-corrected chi connectivity index (χ4v) is 3.77. The zero-order valence-corrected chi connectivity index (χ0v) is 14.9. The van der Waals surface area contributed by atoms with Crippen molar-refractivity contribution in [2.24, 2.45) is 0 Å². The molecule has 1 aromatic carbocycles. The van der Waals surface area contributed by atoms with Gasteiger partial charge in [-0.05, 0) is 18.6 Å². The summed E-state index contributed by atoms with van der Waals surface area (Å²) >= 11 is 1.87. The van der Waals surface area contributed by atoms with E-state index in [1.54, 1.807) is 14.2 Å². The monoisotopic (exact) mass is 319 g/mol. The predicted molar refractivity (Wildman–Crippen MR) is 95.0 cm³/mol. The maximum absolute atomic E-state index is 5.56. The maximum atomic E-state index is 5.56. The minimum Gasteiger partial charge on any atom is -0.496 e. The van der Waals surface area contributed by atoms with Crippen LogP contribution in [0, 0.1) is 0 Å². The van der Waals surface area contributed by atoms with Gasteiger partial charge in [0.25, 0.3) is 0 Å². The highest BCUT2D eigenvalue weighted by atomic mass is 32.2. The number of hydrogen-bond donors (Lipinski definition) is 0. The largest absolute Gasteiger partial charge is 0.496 e. The highest BCUT2D eigenvalue weighted by Crippen LogP contribution is 2.41. The Bertz CT molecular complexity index is 668. The molecule has 0 fully saturated rings. The lowest BCUT2D eigenvalue weighted by atomic mass is 10.1. The molecular formula is C18H25NO2S. The number of fused-ring (bicyclic) bond motifs is 1. The van der Waals surface area contributed by atoms with Crippen LogP contribution in [0.25, 0.3) is 10.9 Å². The number of ether oxygens (including phenoxy) is 2. The summed E-state index contributed by atoms with van der Waals surface area (Å²) in [6.45, 7) is 11.1. The molecule has 0 saturated carbocycles. The molecule has 0 atom stereocenters. The molecular weight excluding hydrogens is 294 g/mol. The Hall–Kier alpha value is -1.39. The first-order chi connectivity index (χ1) is 10.4. The second-order valence-corrected chi connectivity index (χ2v) is 8.10. The van der Waals surface area contributed by atoms with Gasteiger partial charge in [0.2, 0.25) is 0 Å². The lowest BCUT2D eigenvalue weighted by Crippen LogP contribution is -2.06. The fraction of sp³-hybridized carbons (Fsp3) is 0.444. The van der Waals surface area contributed by atoms with Crippen LogP contribution in [0.15, 0.2) is 35.9 Å². The van der Waals surface area contributed by atoms with Crippen LogP contribution in [0.1, 0.15) is 26.3 Å². The molecule has 0 bridgehead atoms. The Kier molecular flexibility index (Phi) is 5.24. The number of hydrogen-bond acceptors (Lipinski definition) is 3. The molecule has 0 N–H and O–H groups in total. The van der Waals surface area contributed by atoms with Gasteiger partial charge in [0, 0.05) is 33.9 Å². The van der Waals surface area contributed by atoms with Crippen LogP contribution in [0.5, 0.6) is 5.75 Å². The van der Waals surface area contributed by atoms with Gasteiger partial charge in [-0.3, -0.25) is 0 Å². The Morgan fingerprint density at radius 1 is 1.27 bits per heavy atom. The van der Waals surface area contributed by atoms with Gasteiger partial charge in [0.05, 0.1) is 12.6 Å². The first-order valence-electron chi connectivity index (χ1n) is 7.38. The zero-order chi connectivity index (χ0) is 16.3. The molecule has 0 spiro atoms. The lowest BCUT2D eigenvalue weighted by molar-refractivity contribution is 0.134. The summed E-state index contributed by atoms with van der Waals surface area (Å²) in [6, 6.07) is 4.13. The first-order valence-corrected chi connectivity index (χ1v) is 8.20. The molecule has 0 amide bonds. The Morgan fingerprint density at radius 3 is 2.55 bits per heavy atom. The van der Waals surface area contributed by atoms with E-state index in [1.165, 1.54) is 21.4 Å². The average Bonchev–Trinajstić information content (AvgIpc) is 2.76. The molecule has 4 heteroatoms. The van der Waals surface area contributed by atoms with E-state index in [0.29, 0.717) is 6.73 Å². The van der Waals surface area contributed by atoms with Crippen molar-refractivity contribution in [1.82, 2.24) is 4.57 Å². The summed E-state index contributed by atoms with van der Waals surface area (Å²) in [6.07, 6.45) is 4.89. The predicted octanol–water partition coefficient (Wildman–Crippen LogP) is 4.87. The van der Waals surface area contributed by atoms with Crippen molar-refractivity contribution in [1.29, 1.82) is 0 Å². The van der Waals surface area contributed by atoms with E-state index in [2.05, 4.69) is 44.2 Å². The number of nitrogens with zero attached hydrogens (tertiary/aromatic N) is 1. The fourth-order valence-electron chi connectivity index (χ4n) is 2.60. The molecule has 0 radical (unpaired) electrons. The van der Waals surface area contributed by atoms with E-state index in [4.69, 9.17) is 9.47 Å². The Balaban J connectivity index is 2.72. The third-order valence-electron chi connectivity index (χ3n) is 3.33. The van der Waals surface area contributed by atoms with Crippen LogP contribution in [0.2, 0.25) is 0 Å². The molecule has 0 aliphatic rings. The molecule has 1 aromatic heterocycles. The van der Waals surface area contributed by atoms with Crippen molar-refractivity contribution in [3.8, 4) is 5.75 Å². The van der Waals surface area contributed by atoms with Gasteiger partial charge in [0.15, 0.2) is 0 Å². The second kappa shape index (κ2) is 6.80. The van der Waals surface area contributed by atoms with E-state index < -0.39 is 0 Å². The van der Waals surface area contributed by atoms with Crippen molar-refractivity contribution in [2.75, 3.05) is 14.2 Å². The van der Waals surface area contributed by atoms with Crippen LogP contribution in [-0.4, -0.2) is 23.5 Å². The van der Waals surface area contributed by atoms with Crippen molar-refractivity contribution >= 4 is 22.7 Å². The van der Waals surface area contributed by atoms with E-state index in [1.807, 2.05) is 23.9 Å². The molecule has 0 unspecified atom stereocenters. The molecule has 2 rings (SSSR count). The minimum atomic E-state index is 0.140. The number of allylic oxidation sites excluding steroid dienone is 1. The van der Waals surface area contributed by atoms with Crippen LogP contribution in [-0.2, 0) is 17.9 Å². The van der Waals surface area contributed by atoms with Gasteiger partial charge in [-0.1, -0.05) is 26.8 Å². The van der Waals surface area contributed by atoms with Gasteiger partial charge in [-0.2, -0.15) is 0 Å². The van der Waals surface area contributed by atoms with E-state index in [-0.39, 0.29) is 4.75 Å². The summed E-state index contributed by atoms with van der Waals surface area (Å²) < 4.78 is 13.2. The Morgan fingerprint density at radius 2 is 2.00 bits per heavy atom. The van der Waals surface area contributed by atoms with Crippen LogP contribution in [0.4, 0.5) is 0 Å². The molecule has 0 saturated heterocycles. The van der Waals surface area contributed by atoms with Crippen LogP contribution >= 0.6 is 11.8 Å². The number of methoxy groups -OCH3 is 2. The summed E-state index contributed by atoms with van der Waals surface area (Å²) in [5, 5.41) is 1.25. The summed E-state index contributed by atoms with van der Waals surface area (Å²) in [4.78, 5) is 1.26. The van der Waals surface area contributed by atoms with Crippen LogP contribution < -0.4 is 4.74 Å². The SMILES string of the molecule is C=CCc1c(OC)ccc2c1c(SC(C)(C)C)cn2COC. The summed E-state index contributed by atoms with van der Waals surface area (Å²) in [5.41, 5.74) is 2.36. The second-order valence-electron chi connectivity index (χ2n) is 6.23. The molecule has 0 aliphatic heterocycles. The van der Waals surface area contributed by atoms with Crippen molar-refractivity contribution in [3.63, 3.8) is 0 Å². The van der Waals surface area contributed by atoms with Gasteiger partial charge in [-0.15, -0.1) is 18.3 Å². The van der Waals surface area contributed by atoms with Crippen LogP contribution in [0.3, 0.4) is 0 Å². The third kappa shape index (κ3) is 3.50. The standard InChI is InChI=1S/C18H25NO2S/c1-7-8-13-15(21-6)10-9-14-17(13)16(22-18(2,3)4)11-19(14)12-20-5/h7,9-11H,1,8,12H2,2-6H3. The van der Waals surface area contributed by atoms with Gasteiger partial charge < -0.3 is 14.0 Å². The van der Waals surface area contributed by atoms with E-state index >= 15 is 0 Å². The molecule has 2 aromatic rings. The molecule has 120 valence electrons. The molecule has 3 nitrogen and oxygen atoms in total. The van der Waals surface area contributed by atoms with Crippen molar-refractivity contribution in [3.05, 3.63) is 36.5 Å². The zero-order valence-electron chi connectivity index (χ0n) is 14.1. The third-order valence-corrected chi connectivity index (χ3v) is 4.47.